The van der Waals surface area contributed by atoms with E-state index >= 15 is 0 Å². The van der Waals surface area contributed by atoms with Crippen LogP contribution in [0.4, 0.5) is 13.6 Å². The molecule has 6 heteroatoms. The van der Waals surface area contributed by atoms with Gasteiger partial charge in [-0.3, -0.25) is 0 Å². The Morgan fingerprint density at radius 2 is 1.96 bits per heavy atom. The summed E-state index contributed by atoms with van der Waals surface area (Å²) in [6, 6.07) is 3.78. The molecule has 1 unspecified atom stereocenters. The number of hydrogen-bond acceptors (Lipinski definition) is 2. The van der Waals surface area contributed by atoms with Crippen molar-refractivity contribution in [2.75, 3.05) is 6.61 Å². The standard InChI is InChI=1S/C18H26F2N2O2/c1-12(2-3-13-6-9-16(19)17(20)10-13)21-18(24)22-15-7-4-14(11-23)5-8-15/h6,9-10,12,14-15,23H,2-5,7-8,11H2,1H3,(H2,21,22,24). The second-order valence-electron chi connectivity index (χ2n) is 6.71. The fourth-order valence-corrected chi connectivity index (χ4v) is 3.09. The van der Waals surface area contributed by atoms with Gasteiger partial charge in [-0.05, 0) is 69.1 Å². The SMILES string of the molecule is CC(CCc1ccc(F)c(F)c1)NC(=O)NC1CCC(CO)CC1. The summed E-state index contributed by atoms with van der Waals surface area (Å²) in [4.78, 5) is 12.0. The lowest BCUT2D eigenvalue weighted by atomic mass is 9.87. The summed E-state index contributed by atoms with van der Waals surface area (Å²) in [7, 11) is 0. The van der Waals surface area contributed by atoms with Crippen LogP contribution in [0, 0.1) is 17.6 Å². The zero-order valence-electron chi connectivity index (χ0n) is 14.0. The third-order valence-electron chi connectivity index (χ3n) is 4.67. The van der Waals surface area contributed by atoms with E-state index < -0.39 is 11.6 Å². The van der Waals surface area contributed by atoms with Crippen LogP contribution < -0.4 is 10.6 Å². The van der Waals surface area contributed by atoms with E-state index in [9.17, 15) is 13.6 Å². The summed E-state index contributed by atoms with van der Waals surface area (Å²) in [6.07, 6.45) is 4.88. The molecule has 0 spiro atoms. The molecular formula is C18H26F2N2O2. The lowest BCUT2D eigenvalue weighted by molar-refractivity contribution is 0.174. The van der Waals surface area contributed by atoms with Crippen LogP contribution in [0.1, 0.15) is 44.6 Å². The first-order valence-corrected chi connectivity index (χ1v) is 8.59. The minimum absolute atomic E-state index is 0.0631. The highest BCUT2D eigenvalue weighted by Gasteiger charge is 2.22. The number of rotatable bonds is 6. The van der Waals surface area contributed by atoms with Gasteiger partial charge in [-0.25, -0.2) is 13.6 Å². The highest BCUT2D eigenvalue weighted by atomic mass is 19.2. The van der Waals surface area contributed by atoms with Crippen molar-refractivity contribution in [1.82, 2.24) is 10.6 Å². The van der Waals surface area contributed by atoms with Gasteiger partial charge in [-0.2, -0.15) is 0 Å². The number of aliphatic hydroxyl groups is 1. The lowest BCUT2D eigenvalue weighted by Gasteiger charge is -2.28. The van der Waals surface area contributed by atoms with Gasteiger partial charge in [0.05, 0.1) is 0 Å². The maximum absolute atomic E-state index is 13.2. The molecule has 0 radical (unpaired) electrons. The van der Waals surface area contributed by atoms with E-state index in [1.54, 1.807) is 6.07 Å². The Labute approximate surface area is 141 Å². The van der Waals surface area contributed by atoms with Crippen molar-refractivity contribution in [3.63, 3.8) is 0 Å². The van der Waals surface area contributed by atoms with E-state index in [4.69, 9.17) is 5.11 Å². The predicted octanol–water partition coefficient (Wildman–Crippen LogP) is 3.14. The number of nitrogens with one attached hydrogen (secondary N) is 2. The fraction of sp³-hybridized carbons (Fsp3) is 0.611. The molecule has 1 aliphatic carbocycles. The van der Waals surface area contributed by atoms with E-state index in [0.29, 0.717) is 24.3 Å². The van der Waals surface area contributed by atoms with Crippen molar-refractivity contribution in [3.05, 3.63) is 35.4 Å². The Hall–Kier alpha value is -1.69. The number of hydrogen-bond donors (Lipinski definition) is 3. The largest absolute Gasteiger partial charge is 0.396 e. The molecule has 0 bridgehead atoms. The Morgan fingerprint density at radius 3 is 2.58 bits per heavy atom. The number of carbonyl (C=O) groups excluding carboxylic acids is 1. The van der Waals surface area contributed by atoms with Crippen LogP contribution >= 0.6 is 0 Å². The van der Waals surface area contributed by atoms with E-state index in [0.717, 1.165) is 31.7 Å². The fourth-order valence-electron chi connectivity index (χ4n) is 3.09. The van der Waals surface area contributed by atoms with Crippen LogP contribution in [0.25, 0.3) is 0 Å². The summed E-state index contributed by atoms with van der Waals surface area (Å²) in [5.74, 6) is -1.33. The van der Waals surface area contributed by atoms with Crippen molar-refractivity contribution in [2.45, 2.75) is 57.5 Å². The molecule has 0 aromatic heterocycles. The number of urea groups is 1. The summed E-state index contributed by atoms with van der Waals surface area (Å²) >= 11 is 0. The predicted molar refractivity (Wildman–Crippen MR) is 88.6 cm³/mol. The number of aryl methyl sites for hydroxylation is 1. The molecule has 2 amide bonds. The molecule has 1 fully saturated rings. The average molecular weight is 340 g/mol. The monoisotopic (exact) mass is 340 g/mol. The van der Waals surface area contributed by atoms with Gasteiger partial charge in [0.1, 0.15) is 0 Å². The molecule has 4 nitrogen and oxygen atoms in total. The van der Waals surface area contributed by atoms with E-state index in [1.807, 2.05) is 6.92 Å². The molecule has 1 aliphatic rings. The second kappa shape index (κ2) is 8.97. The Balaban J connectivity index is 1.69. The van der Waals surface area contributed by atoms with Gasteiger partial charge in [0.15, 0.2) is 11.6 Å². The molecular weight excluding hydrogens is 314 g/mol. The van der Waals surface area contributed by atoms with Crippen molar-refractivity contribution in [2.24, 2.45) is 5.92 Å². The van der Waals surface area contributed by atoms with Crippen LogP contribution in [-0.4, -0.2) is 29.8 Å². The van der Waals surface area contributed by atoms with E-state index in [2.05, 4.69) is 10.6 Å². The molecule has 0 saturated heterocycles. The smallest absolute Gasteiger partial charge is 0.315 e. The van der Waals surface area contributed by atoms with E-state index in [-0.39, 0.29) is 24.7 Å². The maximum Gasteiger partial charge on any atom is 0.315 e. The first-order valence-electron chi connectivity index (χ1n) is 8.59. The molecule has 1 aromatic carbocycles. The van der Waals surface area contributed by atoms with Gasteiger partial charge < -0.3 is 15.7 Å². The summed E-state index contributed by atoms with van der Waals surface area (Å²) in [5, 5.41) is 15.0. The molecule has 134 valence electrons. The highest BCUT2D eigenvalue weighted by molar-refractivity contribution is 5.74. The Morgan fingerprint density at radius 1 is 1.25 bits per heavy atom. The summed E-state index contributed by atoms with van der Waals surface area (Å²) < 4.78 is 26.0. The molecule has 1 atom stereocenters. The molecule has 0 aliphatic heterocycles. The van der Waals surface area contributed by atoms with Crippen molar-refractivity contribution >= 4 is 6.03 Å². The van der Waals surface area contributed by atoms with Crippen molar-refractivity contribution in [3.8, 4) is 0 Å². The quantitative estimate of drug-likeness (QED) is 0.745. The number of halogens is 2. The molecule has 1 saturated carbocycles. The normalized spacial score (nSPS) is 22.0. The van der Waals surface area contributed by atoms with Crippen LogP contribution in [0.15, 0.2) is 18.2 Å². The second-order valence-corrected chi connectivity index (χ2v) is 6.71. The van der Waals surface area contributed by atoms with Gasteiger partial charge in [0.2, 0.25) is 0 Å². The topological polar surface area (TPSA) is 61.4 Å². The molecule has 3 N–H and O–H groups in total. The Bertz CT molecular complexity index is 546. The van der Waals surface area contributed by atoms with Gasteiger partial charge in [-0.15, -0.1) is 0 Å². The number of amides is 2. The van der Waals surface area contributed by atoms with E-state index in [1.165, 1.54) is 6.07 Å². The molecule has 0 heterocycles. The number of aliphatic hydroxyl groups excluding tert-OH is 1. The van der Waals surface area contributed by atoms with Gasteiger partial charge in [-0.1, -0.05) is 6.07 Å². The summed E-state index contributed by atoms with van der Waals surface area (Å²) in [5.41, 5.74) is 0.713. The average Bonchev–Trinajstić information content (AvgIpc) is 2.56. The molecule has 2 rings (SSSR count). The minimum Gasteiger partial charge on any atom is -0.396 e. The highest BCUT2D eigenvalue weighted by Crippen LogP contribution is 2.23. The lowest BCUT2D eigenvalue weighted by Crippen LogP contribution is -2.46. The third-order valence-corrected chi connectivity index (χ3v) is 4.67. The minimum atomic E-state index is -0.847. The molecule has 24 heavy (non-hydrogen) atoms. The first kappa shape index (κ1) is 18.6. The van der Waals surface area contributed by atoms with Gasteiger partial charge in [0, 0.05) is 18.7 Å². The number of benzene rings is 1. The number of carbonyl (C=O) groups is 1. The third kappa shape index (κ3) is 5.74. The zero-order valence-corrected chi connectivity index (χ0v) is 14.0. The summed E-state index contributed by atoms with van der Waals surface area (Å²) in [6.45, 7) is 2.11. The van der Waals surface area contributed by atoms with Gasteiger partial charge >= 0.3 is 6.03 Å². The van der Waals surface area contributed by atoms with Crippen LogP contribution in [0.3, 0.4) is 0 Å². The first-order chi connectivity index (χ1) is 11.5. The maximum atomic E-state index is 13.2. The van der Waals surface area contributed by atoms with Crippen molar-refractivity contribution in [1.29, 1.82) is 0 Å². The molecule has 1 aromatic rings. The van der Waals surface area contributed by atoms with Crippen LogP contribution in [0.5, 0.6) is 0 Å². The van der Waals surface area contributed by atoms with Crippen molar-refractivity contribution < 1.29 is 18.7 Å². The van der Waals surface area contributed by atoms with Crippen LogP contribution in [-0.2, 0) is 6.42 Å². The van der Waals surface area contributed by atoms with Crippen LogP contribution in [0.2, 0.25) is 0 Å². The zero-order chi connectivity index (χ0) is 17.5. The van der Waals surface area contributed by atoms with Gasteiger partial charge in [0.25, 0.3) is 0 Å². The Kier molecular flexibility index (Phi) is 6.97.